The van der Waals surface area contributed by atoms with Gasteiger partial charge in [-0.1, -0.05) is 11.6 Å². The summed E-state index contributed by atoms with van der Waals surface area (Å²) in [5.41, 5.74) is -0.469. The topological polar surface area (TPSA) is 36.4 Å². The monoisotopic (exact) mass is 308 g/mol. The molecule has 112 valence electrons. The summed E-state index contributed by atoms with van der Waals surface area (Å²) in [7, 11) is 0. The van der Waals surface area contributed by atoms with Crippen molar-refractivity contribution in [3.8, 4) is 0 Å². The predicted molar refractivity (Wildman–Crippen MR) is 69.4 cm³/mol. The quantitative estimate of drug-likeness (QED) is 0.853. The molecular formula is C13H16ClF3N2O. The largest absolute Gasteiger partial charge is 0.433 e. The van der Waals surface area contributed by atoms with Gasteiger partial charge in [0.25, 0.3) is 0 Å². The molecular weight excluding hydrogens is 293 g/mol. The average molecular weight is 309 g/mol. The second-order valence-corrected chi connectivity index (χ2v) is 5.43. The lowest BCUT2D eigenvalue weighted by molar-refractivity contribution is -0.141. The van der Waals surface area contributed by atoms with Crippen molar-refractivity contribution in [2.75, 3.05) is 13.1 Å². The van der Waals surface area contributed by atoms with Crippen LogP contribution in [0.3, 0.4) is 0 Å². The first-order chi connectivity index (χ1) is 9.34. The SMILES string of the molecule is OC1CCCN(Cc2cc(Cl)nc(C(F)(F)F)c2)CC1. The molecule has 0 amide bonds. The Bertz CT molecular complexity index is 467. The number of aliphatic hydroxyl groups excluding tert-OH is 1. The highest BCUT2D eigenvalue weighted by molar-refractivity contribution is 6.29. The highest BCUT2D eigenvalue weighted by atomic mass is 35.5. The Morgan fingerprint density at radius 3 is 2.75 bits per heavy atom. The van der Waals surface area contributed by atoms with E-state index in [1.165, 1.54) is 6.07 Å². The van der Waals surface area contributed by atoms with Crippen LogP contribution in [-0.2, 0) is 12.7 Å². The Hall–Kier alpha value is -0.850. The molecule has 1 unspecified atom stereocenters. The number of hydrogen-bond donors (Lipinski definition) is 1. The van der Waals surface area contributed by atoms with Gasteiger partial charge in [-0.15, -0.1) is 0 Å². The number of hydrogen-bond acceptors (Lipinski definition) is 3. The van der Waals surface area contributed by atoms with Crippen molar-refractivity contribution in [2.45, 2.75) is 38.1 Å². The predicted octanol–water partition coefficient (Wildman–Crippen LogP) is 3.10. The number of nitrogens with zero attached hydrogens (tertiary/aromatic N) is 2. The van der Waals surface area contributed by atoms with Crippen LogP contribution in [0.1, 0.15) is 30.5 Å². The maximum absolute atomic E-state index is 12.7. The third-order valence-electron chi connectivity index (χ3n) is 3.34. The van der Waals surface area contributed by atoms with E-state index in [0.717, 1.165) is 25.5 Å². The van der Waals surface area contributed by atoms with Gasteiger partial charge in [-0.2, -0.15) is 13.2 Å². The second kappa shape index (κ2) is 6.28. The molecule has 0 bridgehead atoms. The minimum Gasteiger partial charge on any atom is -0.393 e. The Morgan fingerprint density at radius 1 is 1.30 bits per heavy atom. The van der Waals surface area contributed by atoms with E-state index >= 15 is 0 Å². The molecule has 1 N–H and O–H groups in total. The van der Waals surface area contributed by atoms with Crippen LogP contribution in [0.15, 0.2) is 12.1 Å². The van der Waals surface area contributed by atoms with E-state index in [1.807, 2.05) is 4.90 Å². The van der Waals surface area contributed by atoms with E-state index < -0.39 is 11.9 Å². The zero-order valence-corrected chi connectivity index (χ0v) is 11.6. The van der Waals surface area contributed by atoms with Crippen molar-refractivity contribution in [1.29, 1.82) is 0 Å². The normalized spacial score (nSPS) is 21.8. The van der Waals surface area contributed by atoms with Gasteiger partial charge in [-0.3, -0.25) is 4.90 Å². The Balaban J connectivity index is 2.11. The maximum atomic E-state index is 12.7. The van der Waals surface area contributed by atoms with Crippen molar-refractivity contribution in [2.24, 2.45) is 0 Å². The number of aliphatic hydroxyl groups is 1. The second-order valence-electron chi connectivity index (χ2n) is 5.04. The molecule has 1 aliphatic heterocycles. The summed E-state index contributed by atoms with van der Waals surface area (Å²) in [5, 5.41) is 9.41. The standard InChI is InChI=1S/C13H16ClF3N2O/c14-12-7-9(6-11(18-12)13(15,16)17)8-19-4-1-2-10(20)3-5-19/h6-7,10,20H,1-5,8H2. The molecule has 1 fully saturated rings. The van der Waals surface area contributed by atoms with Gasteiger partial charge in [-0.25, -0.2) is 4.98 Å². The van der Waals surface area contributed by atoms with Crippen LogP contribution in [0.2, 0.25) is 5.15 Å². The summed E-state index contributed by atoms with van der Waals surface area (Å²) in [6.07, 6.45) is -2.58. The summed E-state index contributed by atoms with van der Waals surface area (Å²) in [5.74, 6) is 0. The molecule has 3 nitrogen and oxygen atoms in total. The van der Waals surface area contributed by atoms with Crippen LogP contribution in [0.4, 0.5) is 13.2 Å². The number of aromatic nitrogens is 1. The van der Waals surface area contributed by atoms with E-state index in [-0.39, 0.29) is 11.3 Å². The number of rotatable bonds is 2. The summed E-state index contributed by atoms with van der Waals surface area (Å²) in [4.78, 5) is 5.34. The lowest BCUT2D eigenvalue weighted by Crippen LogP contribution is -2.25. The van der Waals surface area contributed by atoms with Crippen LogP contribution in [0, 0.1) is 0 Å². The molecule has 2 heterocycles. The summed E-state index contributed by atoms with van der Waals surface area (Å²) in [6, 6.07) is 2.49. The van der Waals surface area contributed by atoms with Crippen LogP contribution < -0.4 is 0 Å². The number of pyridine rings is 1. The molecule has 0 aliphatic carbocycles. The Labute approximate surface area is 120 Å². The lowest BCUT2D eigenvalue weighted by Gasteiger charge is -2.20. The van der Waals surface area contributed by atoms with E-state index in [4.69, 9.17) is 11.6 Å². The highest BCUT2D eigenvalue weighted by Crippen LogP contribution is 2.29. The molecule has 1 aromatic heterocycles. The molecule has 1 aliphatic rings. The minimum atomic E-state index is -4.49. The Morgan fingerprint density at radius 2 is 2.05 bits per heavy atom. The van der Waals surface area contributed by atoms with Crippen LogP contribution in [0.5, 0.6) is 0 Å². The fourth-order valence-corrected chi connectivity index (χ4v) is 2.57. The molecule has 7 heteroatoms. The van der Waals surface area contributed by atoms with Gasteiger partial charge in [0.15, 0.2) is 0 Å². The van der Waals surface area contributed by atoms with Gasteiger partial charge < -0.3 is 5.11 Å². The lowest BCUT2D eigenvalue weighted by atomic mass is 10.2. The molecule has 20 heavy (non-hydrogen) atoms. The van der Waals surface area contributed by atoms with Crippen LogP contribution in [-0.4, -0.2) is 34.2 Å². The minimum absolute atomic E-state index is 0.148. The molecule has 0 radical (unpaired) electrons. The summed E-state index contributed by atoms with van der Waals surface area (Å²) in [6.45, 7) is 1.82. The molecule has 1 atom stereocenters. The van der Waals surface area contributed by atoms with Crippen LogP contribution in [0.25, 0.3) is 0 Å². The van der Waals surface area contributed by atoms with E-state index in [2.05, 4.69) is 4.98 Å². The van der Waals surface area contributed by atoms with Gasteiger partial charge >= 0.3 is 6.18 Å². The van der Waals surface area contributed by atoms with Crippen molar-refractivity contribution >= 4 is 11.6 Å². The fraction of sp³-hybridized carbons (Fsp3) is 0.615. The summed E-state index contributed by atoms with van der Waals surface area (Å²) < 4.78 is 38.0. The van der Waals surface area contributed by atoms with Crippen molar-refractivity contribution in [3.05, 3.63) is 28.5 Å². The van der Waals surface area contributed by atoms with Crippen molar-refractivity contribution in [1.82, 2.24) is 9.88 Å². The number of halogens is 4. The molecule has 0 aromatic carbocycles. The smallest absolute Gasteiger partial charge is 0.393 e. The van der Waals surface area contributed by atoms with Gasteiger partial charge in [0, 0.05) is 13.1 Å². The average Bonchev–Trinajstić information content (AvgIpc) is 2.53. The third kappa shape index (κ3) is 4.33. The summed E-state index contributed by atoms with van der Waals surface area (Å²) >= 11 is 5.66. The van der Waals surface area contributed by atoms with E-state index in [0.29, 0.717) is 25.1 Å². The zero-order valence-electron chi connectivity index (χ0n) is 10.8. The molecule has 1 saturated heterocycles. The number of likely N-dealkylation sites (tertiary alicyclic amines) is 1. The maximum Gasteiger partial charge on any atom is 0.433 e. The first-order valence-electron chi connectivity index (χ1n) is 6.48. The molecule has 0 saturated carbocycles. The highest BCUT2D eigenvalue weighted by Gasteiger charge is 2.33. The van der Waals surface area contributed by atoms with E-state index in [9.17, 15) is 18.3 Å². The van der Waals surface area contributed by atoms with Gasteiger partial charge in [0.05, 0.1) is 6.10 Å². The fourth-order valence-electron chi connectivity index (χ4n) is 2.34. The molecule has 2 rings (SSSR count). The van der Waals surface area contributed by atoms with Gasteiger partial charge in [0.2, 0.25) is 0 Å². The van der Waals surface area contributed by atoms with Gasteiger partial charge in [0.1, 0.15) is 10.8 Å². The Kier molecular flexibility index (Phi) is 4.88. The van der Waals surface area contributed by atoms with Crippen LogP contribution >= 0.6 is 11.6 Å². The van der Waals surface area contributed by atoms with Crippen molar-refractivity contribution in [3.63, 3.8) is 0 Å². The number of alkyl halides is 3. The first kappa shape index (κ1) is 15.5. The molecule has 0 spiro atoms. The molecule has 1 aromatic rings. The van der Waals surface area contributed by atoms with Crippen molar-refractivity contribution < 1.29 is 18.3 Å². The van der Waals surface area contributed by atoms with Gasteiger partial charge in [-0.05, 0) is 43.5 Å². The first-order valence-corrected chi connectivity index (χ1v) is 6.86. The third-order valence-corrected chi connectivity index (χ3v) is 3.53. The zero-order chi connectivity index (χ0) is 14.8. The van der Waals surface area contributed by atoms with E-state index in [1.54, 1.807) is 0 Å².